The molecule has 0 saturated carbocycles. The molecule has 2 N–H and O–H groups in total. The monoisotopic (exact) mass is 342 g/mol. The molecule has 0 bridgehead atoms. The normalized spacial score (nSPS) is 9.64. The van der Waals surface area contributed by atoms with E-state index in [1.807, 2.05) is 5.32 Å². The second-order valence-corrected chi connectivity index (χ2v) is 4.87. The van der Waals surface area contributed by atoms with Gasteiger partial charge in [-0.05, 0) is 12.1 Å². The van der Waals surface area contributed by atoms with Crippen LogP contribution in [0.5, 0.6) is 0 Å². The number of urea groups is 2. The molecule has 1 rings (SSSR count). The van der Waals surface area contributed by atoms with Crippen LogP contribution in [0.3, 0.4) is 0 Å². The quantitative estimate of drug-likeness (QED) is 0.620. The molecule has 0 saturated heterocycles. The number of carbonyl (C=O) groups is 4. The van der Waals surface area contributed by atoms with Crippen molar-refractivity contribution in [3.63, 3.8) is 0 Å². The predicted octanol–water partition coefficient (Wildman–Crippen LogP) is 2.40. The van der Waals surface area contributed by atoms with Crippen LogP contribution in [-0.2, 0) is 0 Å². The molecule has 0 aromatic heterocycles. The Morgan fingerprint density at radius 1 is 1.05 bits per heavy atom. The van der Waals surface area contributed by atoms with Gasteiger partial charge in [0.25, 0.3) is 10.5 Å². The predicted molar refractivity (Wildman–Crippen MR) is 88.9 cm³/mol. The van der Waals surface area contributed by atoms with Gasteiger partial charge in [-0.3, -0.25) is 24.7 Å². The number of thiol groups is 2. The number of amides is 6. The summed E-state index contributed by atoms with van der Waals surface area (Å²) in [6.07, 6.45) is 0. The highest BCUT2D eigenvalue weighted by Crippen LogP contribution is 2.25. The molecule has 10 heteroatoms. The van der Waals surface area contributed by atoms with E-state index >= 15 is 0 Å². The first kappa shape index (κ1) is 17.9. The molecule has 0 aliphatic heterocycles. The molecule has 1 aromatic rings. The molecule has 22 heavy (non-hydrogen) atoms. The highest BCUT2D eigenvalue weighted by molar-refractivity contribution is 7.96. The van der Waals surface area contributed by atoms with E-state index in [2.05, 4.69) is 30.6 Å². The number of nitrogens with zero attached hydrogens (tertiary/aromatic N) is 2. The van der Waals surface area contributed by atoms with Gasteiger partial charge in [-0.25, -0.2) is 9.59 Å². The Morgan fingerprint density at radius 3 is 2.18 bits per heavy atom. The third kappa shape index (κ3) is 4.67. The van der Waals surface area contributed by atoms with Gasteiger partial charge >= 0.3 is 12.1 Å². The molecule has 0 spiro atoms. The van der Waals surface area contributed by atoms with Gasteiger partial charge in [-0.2, -0.15) is 0 Å². The summed E-state index contributed by atoms with van der Waals surface area (Å²) < 4.78 is 0. The van der Waals surface area contributed by atoms with Crippen LogP contribution in [0.2, 0.25) is 0 Å². The Balaban J connectivity index is 3.00. The van der Waals surface area contributed by atoms with Gasteiger partial charge in [-0.1, -0.05) is 37.4 Å². The number of hydrogen-bond donors (Lipinski definition) is 4. The summed E-state index contributed by atoms with van der Waals surface area (Å²) in [4.78, 5) is 47.4. The summed E-state index contributed by atoms with van der Waals surface area (Å²) in [6, 6.07) is 4.94. The lowest BCUT2D eigenvalue weighted by atomic mass is 10.2. The average Bonchev–Trinajstić information content (AvgIpc) is 2.44. The van der Waals surface area contributed by atoms with E-state index in [-0.39, 0.29) is 5.69 Å². The molecule has 0 radical (unpaired) electrons. The van der Waals surface area contributed by atoms with Crippen molar-refractivity contribution in [1.29, 1.82) is 0 Å². The van der Waals surface area contributed by atoms with E-state index in [4.69, 9.17) is 0 Å². The zero-order valence-corrected chi connectivity index (χ0v) is 13.5. The van der Waals surface area contributed by atoms with Crippen molar-refractivity contribution in [2.24, 2.45) is 0 Å². The lowest BCUT2D eigenvalue weighted by molar-refractivity contribution is 0.213. The Kier molecular flexibility index (Phi) is 6.25. The number of imide groups is 2. The van der Waals surface area contributed by atoms with Crippen molar-refractivity contribution >= 4 is 59.2 Å². The van der Waals surface area contributed by atoms with Crippen LogP contribution < -0.4 is 15.5 Å². The summed E-state index contributed by atoms with van der Waals surface area (Å²) in [5, 5.41) is 2.79. The van der Waals surface area contributed by atoms with Crippen LogP contribution >= 0.6 is 25.3 Å². The van der Waals surface area contributed by atoms with Crippen LogP contribution in [0.4, 0.5) is 30.6 Å². The minimum Gasteiger partial charge on any atom is -0.306 e. The van der Waals surface area contributed by atoms with Crippen molar-refractivity contribution < 1.29 is 19.2 Å². The largest absolute Gasteiger partial charge is 0.331 e. The van der Waals surface area contributed by atoms with Crippen LogP contribution in [-0.4, -0.2) is 41.5 Å². The van der Waals surface area contributed by atoms with Crippen molar-refractivity contribution in [2.75, 3.05) is 24.3 Å². The SMILES string of the molecule is CN(C(=O)S)C(=O)N(C)c1ccccc1NC(=O)NC(=O)S. The Hall–Kier alpha value is -2.20. The molecular formula is C12H14N4O4S2. The molecule has 118 valence electrons. The molecule has 0 aliphatic carbocycles. The second-order valence-electron chi connectivity index (χ2n) is 4.08. The highest BCUT2D eigenvalue weighted by atomic mass is 32.1. The zero-order valence-electron chi connectivity index (χ0n) is 11.7. The van der Waals surface area contributed by atoms with Crippen LogP contribution in [0.1, 0.15) is 0 Å². The average molecular weight is 342 g/mol. The van der Waals surface area contributed by atoms with Crippen LogP contribution in [0, 0.1) is 0 Å². The summed E-state index contributed by atoms with van der Waals surface area (Å²) >= 11 is 7.00. The molecule has 0 heterocycles. The number of nitrogens with one attached hydrogen (secondary N) is 2. The summed E-state index contributed by atoms with van der Waals surface area (Å²) in [7, 11) is 2.70. The van der Waals surface area contributed by atoms with Gasteiger partial charge in [0.2, 0.25) is 0 Å². The molecule has 8 nitrogen and oxygen atoms in total. The molecule has 0 aliphatic rings. The number of carbonyl (C=O) groups excluding carboxylic acids is 4. The van der Waals surface area contributed by atoms with Crippen molar-refractivity contribution in [2.45, 2.75) is 0 Å². The number of hydrogen-bond acceptors (Lipinski definition) is 4. The molecule has 0 atom stereocenters. The summed E-state index contributed by atoms with van der Waals surface area (Å²) in [6.45, 7) is 0. The third-order valence-corrected chi connectivity index (χ3v) is 3.01. The second kappa shape index (κ2) is 7.71. The first-order chi connectivity index (χ1) is 10.2. The molecule has 0 unspecified atom stereocenters. The summed E-state index contributed by atoms with van der Waals surface area (Å²) in [5.74, 6) is 0. The van der Waals surface area contributed by atoms with Gasteiger partial charge in [-0.15, -0.1) is 0 Å². The first-order valence-electron chi connectivity index (χ1n) is 5.88. The Labute approximate surface area is 137 Å². The van der Waals surface area contributed by atoms with E-state index in [1.165, 1.54) is 20.2 Å². The lowest BCUT2D eigenvalue weighted by Crippen LogP contribution is -2.40. The first-order valence-corrected chi connectivity index (χ1v) is 6.77. The lowest BCUT2D eigenvalue weighted by Gasteiger charge is -2.24. The zero-order chi connectivity index (χ0) is 16.9. The van der Waals surface area contributed by atoms with Crippen LogP contribution in [0.15, 0.2) is 24.3 Å². The smallest absolute Gasteiger partial charge is 0.306 e. The minimum absolute atomic E-state index is 0.269. The molecule has 1 aromatic carbocycles. The number of benzene rings is 1. The maximum atomic E-state index is 12.1. The van der Waals surface area contributed by atoms with E-state index < -0.39 is 22.5 Å². The minimum atomic E-state index is -0.820. The molecule has 6 amide bonds. The van der Waals surface area contributed by atoms with Crippen molar-refractivity contribution in [3.05, 3.63) is 24.3 Å². The van der Waals surface area contributed by atoms with Gasteiger partial charge in [0.15, 0.2) is 0 Å². The number of anilines is 2. The van der Waals surface area contributed by atoms with Crippen molar-refractivity contribution in [3.8, 4) is 0 Å². The Bertz CT molecular complexity index is 623. The third-order valence-electron chi connectivity index (χ3n) is 2.59. The maximum absolute atomic E-state index is 12.1. The maximum Gasteiger partial charge on any atom is 0.331 e. The van der Waals surface area contributed by atoms with Gasteiger partial charge in [0.05, 0.1) is 11.4 Å². The van der Waals surface area contributed by atoms with Crippen molar-refractivity contribution in [1.82, 2.24) is 10.2 Å². The standard InChI is InChI=1S/C12H14N4O4S2/c1-15(11(19)16(2)12(20)22)8-6-4-3-5-7(8)13-9(17)14-10(18)21/h3-6H,1-2H3,(H,20,22)(H3,13,14,17,18,21). The fourth-order valence-electron chi connectivity index (χ4n) is 1.53. The van der Waals surface area contributed by atoms with Gasteiger partial charge in [0.1, 0.15) is 0 Å². The number of rotatable bonds is 2. The molecular weight excluding hydrogens is 328 g/mol. The summed E-state index contributed by atoms with van der Waals surface area (Å²) in [5.41, 5.74) is 0.598. The van der Waals surface area contributed by atoms with Gasteiger partial charge < -0.3 is 5.32 Å². The van der Waals surface area contributed by atoms with Crippen LogP contribution in [0.25, 0.3) is 0 Å². The molecule has 0 fully saturated rings. The fraction of sp³-hybridized carbons (Fsp3) is 0.167. The number of para-hydroxylation sites is 2. The van der Waals surface area contributed by atoms with E-state index in [1.54, 1.807) is 18.2 Å². The highest BCUT2D eigenvalue weighted by Gasteiger charge is 2.21. The van der Waals surface area contributed by atoms with E-state index in [0.717, 1.165) is 9.80 Å². The topological polar surface area (TPSA) is 98.8 Å². The Morgan fingerprint density at radius 2 is 1.64 bits per heavy atom. The fourth-order valence-corrected chi connectivity index (χ4v) is 1.72. The van der Waals surface area contributed by atoms with Gasteiger partial charge in [0, 0.05) is 14.1 Å². The van der Waals surface area contributed by atoms with E-state index in [9.17, 15) is 19.2 Å². The van der Waals surface area contributed by atoms with E-state index in [0.29, 0.717) is 5.69 Å².